The summed E-state index contributed by atoms with van der Waals surface area (Å²) in [6, 6.07) is 8.10. The second kappa shape index (κ2) is 5.89. The number of thiazole rings is 1. The maximum absolute atomic E-state index is 11.9. The summed E-state index contributed by atoms with van der Waals surface area (Å²) in [5.41, 5.74) is 0.841. The molecule has 0 bridgehead atoms. The van der Waals surface area contributed by atoms with Gasteiger partial charge in [-0.15, -0.1) is 11.3 Å². The molecule has 0 spiro atoms. The first kappa shape index (κ1) is 14.9. The molecule has 20 heavy (non-hydrogen) atoms. The van der Waals surface area contributed by atoms with Crippen LogP contribution in [0.4, 0.5) is 0 Å². The highest BCUT2D eigenvalue weighted by atomic mass is 32.1. The third-order valence-electron chi connectivity index (χ3n) is 2.67. The summed E-state index contributed by atoms with van der Waals surface area (Å²) < 4.78 is 1.19. The minimum Gasteiger partial charge on any atom is -0.350 e. The maximum Gasteiger partial charge on any atom is 0.234 e. The number of carbonyl (C=O) groups excluding carboxylic acids is 1. The number of likely N-dealkylation sites (N-methyl/N-ethyl adjacent to an activating group) is 1. The third kappa shape index (κ3) is 4.28. The molecule has 5 heteroatoms. The van der Waals surface area contributed by atoms with Crippen LogP contribution in [-0.2, 0) is 11.3 Å². The van der Waals surface area contributed by atoms with Gasteiger partial charge >= 0.3 is 0 Å². The molecule has 0 aliphatic carbocycles. The van der Waals surface area contributed by atoms with Gasteiger partial charge in [0.1, 0.15) is 5.01 Å². The Hall–Kier alpha value is -1.46. The molecule has 0 aliphatic rings. The first-order valence-electron chi connectivity index (χ1n) is 6.67. The Morgan fingerprint density at radius 1 is 1.35 bits per heavy atom. The van der Waals surface area contributed by atoms with E-state index in [4.69, 9.17) is 0 Å². The standard InChI is InChI=1S/C15H21N3OS/c1-15(2,3)17-13(19)9-18(4)10-14-16-11-7-5-6-8-12(11)20-14/h5-8H,9-10H2,1-4H3,(H,17,19). The number of benzene rings is 1. The van der Waals surface area contributed by atoms with E-state index in [1.54, 1.807) is 11.3 Å². The molecule has 2 rings (SSSR count). The second-order valence-corrected chi connectivity index (χ2v) is 7.16. The highest BCUT2D eigenvalue weighted by Crippen LogP contribution is 2.22. The van der Waals surface area contributed by atoms with E-state index in [1.807, 2.05) is 50.9 Å². The number of hydrogen-bond acceptors (Lipinski definition) is 4. The van der Waals surface area contributed by atoms with Crippen molar-refractivity contribution in [2.75, 3.05) is 13.6 Å². The van der Waals surface area contributed by atoms with E-state index in [1.165, 1.54) is 4.70 Å². The fraction of sp³-hybridized carbons (Fsp3) is 0.467. The Labute approximate surface area is 123 Å². The van der Waals surface area contributed by atoms with Crippen LogP contribution >= 0.6 is 11.3 Å². The van der Waals surface area contributed by atoms with E-state index in [2.05, 4.69) is 16.4 Å². The number of para-hydroxylation sites is 1. The maximum atomic E-state index is 11.9. The minimum atomic E-state index is -0.187. The SMILES string of the molecule is CN(CC(=O)NC(C)(C)C)Cc1nc2ccccc2s1. The predicted octanol–water partition coefficient (Wildman–Crippen LogP) is 2.64. The highest BCUT2D eigenvalue weighted by Gasteiger charge is 2.15. The van der Waals surface area contributed by atoms with E-state index >= 15 is 0 Å². The summed E-state index contributed by atoms with van der Waals surface area (Å²) in [6.45, 7) is 7.03. The molecule has 0 fully saturated rings. The Kier molecular flexibility index (Phi) is 4.40. The summed E-state index contributed by atoms with van der Waals surface area (Å²) in [7, 11) is 1.94. The predicted molar refractivity (Wildman–Crippen MR) is 83.8 cm³/mol. The van der Waals surface area contributed by atoms with E-state index in [0.29, 0.717) is 13.1 Å². The number of fused-ring (bicyclic) bond motifs is 1. The molecule has 0 unspecified atom stereocenters. The van der Waals surface area contributed by atoms with Crippen molar-refractivity contribution in [3.63, 3.8) is 0 Å². The average Bonchev–Trinajstić information content (AvgIpc) is 2.67. The van der Waals surface area contributed by atoms with Crippen molar-refractivity contribution in [3.05, 3.63) is 29.3 Å². The molecular formula is C15H21N3OS. The van der Waals surface area contributed by atoms with Crippen LogP contribution < -0.4 is 5.32 Å². The molecule has 0 aliphatic heterocycles. The first-order chi connectivity index (χ1) is 9.33. The second-order valence-electron chi connectivity index (χ2n) is 6.05. The van der Waals surface area contributed by atoms with Crippen LogP contribution in [-0.4, -0.2) is 34.9 Å². The van der Waals surface area contributed by atoms with E-state index < -0.39 is 0 Å². The number of rotatable bonds is 4. The molecule has 1 aromatic carbocycles. The molecule has 0 radical (unpaired) electrons. The zero-order valence-corrected chi connectivity index (χ0v) is 13.3. The van der Waals surface area contributed by atoms with Gasteiger partial charge in [0, 0.05) is 5.54 Å². The topological polar surface area (TPSA) is 45.2 Å². The number of amides is 1. The molecule has 1 heterocycles. The van der Waals surface area contributed by atoms with Gasteiger partial charge in [-0.25, -0.2) is 4.98 Å². The van der Waals surface area contributed by atoms with Crippen LogP contribution in [0.3, 0.4) is 0 Å². The van der Waals surface area contributed by atoms with Crippen LogP contribution in [0.1, 0.15) is 25.8 Å². The number of carbonyl (C=O) groups is 1. The van der Waals surface area contributed by atoms with E-state index in [-0.39, 0.29) is 11.4 Å². The number of aromatic nitrogens is 1. The van der Waals surface area contributed by atoms with Crippen molar-refractivity contribution >= 4 is 27.5 Å². The summed E-state index contributed by atoms with van der Waals surface area (Å²) in [5.74, 6) is 0.0427. The molecule has 4 nitrogen and oxygen atoms in total. The molecule has 1 aromatic heterocycles. The Morgan fingerprint density at radius 2 is 2.05 bits per heavy atom. The normalized spacial score (nSPS) is 12.1. The number of nitrogens with zero attached hydrogens (tertiary/aromatic N) is 2. The van der Waals surface area contributed by atoms with Crippen molar-refractivity contribution < 1.29 is 4.79 Å². The fourth-order valence-electron chi connectivity index (χ4n) is 1.98. The molecule has 0 atom stereocenters. The zero-order valence-electron chi connectivity index (χ0n) is 12.4. The largest absolute Gasteiger partial charge is 0.350 e. The van der Waals surface area contributed by atoms with Crippen LogP contribution in [0.5, 0.6) is 0 Å². The van der Waals surface area contributed by atoms with Gasteiger partial charge in [-0.2, -0.15) is 0 Å². The zero-order chi connectivity index (χ0) is 14.8. The van der Waals surface area contributed by atoms with Gasteiger partial charge in [0.05, 0.1) is 23.3 Å². The lowest BCUT2D eigenvalue weighted by Crippen LogP contribution is -2.45. The monoisotopic (exact) mass is 291 g/mol. The minimum absolute atomic E-state index is 0.0427. The van der Waals surface area contributed by atoms with Crippen LogP contribution in [0.25, 0.3) is 10.2 Å². The smallest absolute Gasteiger partial charge is 0.234 e. The molecule has 1 N–H and O–H groups in total. The molecule has 2 aromatic rings. The van der Waals surface area contributed by atoms with Crippen molar-refractivity contribution in [3.8, 4) is 0 Å². The Morgan fingerprint density at radius 3 is 2.70 bits per heavy atom. The van der Waals surface area contributed by atoms with Gasteiger partial charge in [-0.05, 0) is 40.0 Å². The van der Waals surface area contributed by atoms with Gasteiger partial charge in [0.2, 0.25) is 5.91 Å². The quantitative estimate of drug-likeness (QED) is 0.942. The molecule has 108 valence electrons. The van der Waals surface area contributed by atoms with Gasteiger partial charge in [-0.1, -0.05) is 12.1 Å². The van der Waals surface area contributed by atoms with Crippen LogP contribution in [0, 0.1) is 0 Å². The lowest BCUT2D eigenvalue weighted by Gasteiger charge is -2.22. The lowest BCUT2D eigenvalue weighted by molar-refractivity contribution is -0.123. The average molecular weight is 291 g/mol. The summed E-state index contributed by atoms with van der Waals surface area (Å²) >= 11 is 1.68. The van der Waals surface area contributed by atoms with Crippen molar-refractivity contribution in [2.45, 2.75) is 32.9 Å². The molecule has 1 amide bonds. The Bertz CT molecular complexity index is 567. The number of hydrogen-bond donors (Lipinski definition) is 1. The number of nitrogens with one attached hydrogen (secondary N) is 1. The van der Waals surface area contributed by atoms with Crippen molar-refractivity contribution in [1.82, 2.24) is 15.2 Å². The van der Waals surface area contributed by atoms with Crippen molar-refractivity contribution in [2.24, 2.45) is 0 Å². The highest BCUT2D eigenvalue weighted by molar-refractivity contribution is 7.18. The van der Waals surface area contributed by atoms with Gasteiger partial charge in [-0.3, -0.25) is 9.69 Å². The van der Waals surface area contributed by atoms with E-state index in [9.17, 15) is 4.79 Å². The summed E-state index contributed by atoms with van der Waals surface area (Å²) in [6.07, 6.45) is 0. The summed E-state index contributed by atoms with van der Waals surface area (Å²) in [4.78, 5) is 18.4. The molecular weight excluding hydrogens is 270 g/mol. The van der Waals surface area contributed by atoms with E-state index in [0.717, 1.165) is 10.5 Å². The molecule has 0 saturated carbocycles. The van der Waals surface area contributed by atoms with Gasteiger partial charge < -0.3 is 5.32 Å². The summed E-state index contributed by atoms with van der Waals surface area (Å²) in [5, 5.41) is 4.00. The Balaban J connectivity index is 1.94. The van der Waals surface area contributed by atoms with Crippen LogP contribution in [0.15, 0.2) is 24.3 Å². The fourth-order valence-corrected chi connectivity index (χ4v) is 3.02. The first-order valence-corrected chi connectivity index (χ1v) is 7.49. The van der Waals surface area contributed by atoms with Crippen LogP contribution in [0.2, 0.25) is 0 Å². The molecule has 0 saturated heterocycles. The van der Waals surface area contributed by atoms with Gasteiger partial charge in [0.15, 0.2) is 0 Å². The van der Waals surface area contributed by atoms with Gasteiger partial charge in [0.25, 0.3) is 0 Å². The van der Waals surface area contributed by atoms with Crippen molar-refractivity contribution in [1.29, 1.82) is 0 Å². The third-order valence-corrected chi connectivity index (χ3v) is 3.69. The lowest BCUT2D eigenvalue weighted by atomic mass is 10.1.